The number of hydrogen-bond acceptors (Lipinski definition) is 4. The maximum Gasteiger partial charge on any atom is 0.345 e. The fourth-order valence-electron chi connectivity index (χ4n) is 1.53. The van der Waals surface area contributed by atoms with E-state index in [4.69, 9.17) is 4.74 Å². The molecule has 1 rings (SSSR count). The fraction of sp³-hybridized carbons (Fsp3) is 0.308. The molecule has 0 bridgehead atoms. The summed E-state index contributed by atoms with van der Waals surface area (Å²) < 4.78 is 4.83. The molecule has 0 spiro atoms. The Balaban J connectivity index is 3.30. The quantitative estimate of drug-likeness (QED) is 0.487. The first-order chi connectivity index (χ1) is 8.97. The molecule has 0 aliphatic rings. The summed E-state index contributed by atoms with van der Waals surface area (Å²) in [5.41, 5.74) is 0.137. The van der Waals surface area contributed by atoms with Crippen LogP contribution in [0.4, 0.5) is 5.69 Å². The summed E-state index contributed by atoms with van der Waals surface area (Å²) in [5.74, 6) is -0.679. The Morgan fingerprint density at radius 3 is 2.68 bits per heavy atom. The number of nitro benzene ring substituents is 1. The van der Waals surface area contributed by atoms with Gasteiger partial charge < -0.3 is 9.64 Å². The Bertz CT molecular complexity index is 509. The molecule has 0 atom stereocenters. The van der Waals surface area contributed by atoms with Gasteiger partial charge in [-0.05, 0) is 19.1 Å². The predicted molar refractivity (Wildman–Crippen MR) is 70.9 cm³/mol. The van der Waals surface area contributed by atoms with Gasteiger partial charge in [-0.3, -0.25) is 10.1 Å². The van der Waals surface area contributed by atoms with Crippen LogP contribution in [0.5, 0.6) is 0 Å². The van der Waals surface area contributed by atoms with Gasteiger partial charge in [-0.2, -0.15) is 0 Å². The van der Waals surface area contributed by atoms with Crippen molar-refractivity contribution in [1.82, 2.24) is 0 Å². The van der Waals surface area contributed by atoms with E-state index < -0.39 is 10.9 Å². The molecule has 1 aromatic carbocycles. The van der Waals surface area contributed by atoms with Gasteiger partial charge in [0, 0.05) is 6.08 Å². The lowest BCUT2D eigenvalue weighted by Gasteiger charge is -2.05. The van der Waals surface area contributed by atoms with Crippen LogP contribution in [-0.2, 0) is 4.74 Å². The molecule has 0 aliphatic carbocycles. The maximum absolute atomic E-state index is 11.7. The second-order valence-electron chi connectivity index (χ2n) is 4.13. The minimum atomic E-state index is -0.679. The summed E-state index contributed by atoms with van der Waals surface area (Å²) in [6.45, 7) is 1.83. The summed E-state index contributed by atoms with van der Waals surface area (Å²) in [5, 5.41) is 11.2. The van der Waals surface area contributed by atoms with Gasteiger partial charge in [0.05, 0.1) is 37.4 Å². The maximum atomic E-state index is 11.7. The van der Waals surface area contributed by atoms with E-state index in [-0.39, 0.29) is 17.9 Å². The molecule has 0 aromatic heterocycles. The van der Waals surface area contributed by atoms with Crippen LogP contribution >= 0.6 is 0 Å². The average Bonchev–Trinajstić information content (AvgIpc) is 2.35. The van der Waals surface area contributed by atoms with Crippen LogP contribution in [0.2, 0.25) is 0 Å². The van der Waals surface area contributed by atoms with E-state index in [2.05, 4.69) is 0 Å². The smallest absolute Gasteiger partial charge is 0.345 e. The molecule has 19 heavy (non-hydrogen) atoms. The van der Waals surface area contributed by atoms with Crippen molar-refractivity contribution >= 4 is 17.7 Å². The number of nitrogens with one attached hydrogen (secondary N) is 1. The number of carbonyl (C=O) groups excluding carboxylic acids is 1. The minimum absolute atomic E-state index is 0.0252. The van der Waals surface area contributed by atoms with E-state index in [1.807, 2.05) is 14.1 Å². The molecule has 0 saturated heterocycles. The Hall–Kier alpha value is -2.21. The van der Waals surface area contributed by atoms with E-state index in [1.165, 1.54) is 6.07 Å². The highest BCUT2D eigenvalue weighted by Gasteiger charge is 2.24. The monoisotopic (exact) mass is 265 g/mol. The van der Waals surface area contributed by atoms with Gasteiger partial charge in [0.1, 0.15) is 5.56 Å². The van der Waals surface area contributed by atoms with E-state index in [0.717, 1.165) is 4.90 Å². The van der Waals surface area contributed by atoms with Gasteiger partial charge in [0.25, 0.3) is 5.69 Å². The van der Waals surface area contributed by atoms with Crippen LogP contribution in [0.15, 0.2) is 24.4 Å². The number of nitrogens with zero attached hydrogens (tertiary/aromatic N) is 1. The Morgan fingerprint density at radius 1 is 1.47 bits per heavy atom. The SMILES string of the molecule is CCOC(=O)c1cccc(C=C[NH+](C)C)c1[N+](=O)[O-]. The second kappa shape index (κ2) is 6.65. The zero-order valence-corrected chi connectivity index (χ0v) is 11.2. The van der Waals surface area contributed by atoms with Crippen LogP contribution in [0, 0.1) is 10.1 Å². The van der Waals surface area contributed by atoms with E-state index in [0.29, 0.717) is 5.56 Å². The summed E-state index contributed by atoms with van der Waals surface area (Å²) in [6, 6.07) is 4.60. The van der Waals surface area contributed by atoms with Crippen LogP contribution in [0.25, 0.3) is 6.08 Å². The number of nitro groups is 1. The van der Waals surface area contributed by atoms with Crippen molar-refractivity contribution in [2.75, 3.05) is 20.7 Å². The molecule has 0 saturated carbocycles. The zero-order chi connectivity index (χ0) is 14.4. The third kappa shape index (κ3) is 3.89. The number of hydrogen-bond donors (Lipinski definition) is 1. The Kier molecular flexibility index (Phi) is 5.20. The number of benzene rings is 1. The fourth-order valence-corrected chi connectivity index (χ4v) is 1.53. The summed E-state index contributed by atoms with van der Waals surface area (Å²) in [6.07, 6.45) is 3.38. The largest absolute Gasteiger partial charge is 0.462 e. The molecule has 6 heteroatoms. The van der Waals surface area contributed by atoms with Gasteiger partial charge in [-0.1, -0.05) is 6.07 Å². The van der Waals surface area contributed by atoms with Crippen molar-refractivity contribution in [1.29, 1.82) is 0 Å². The number of para-hydroxylation sites is 1. The van der Waals surface area contributed by atoms with Gasteiger partial charge in [0.2, 0.25) is 0 Å². The van der Waals surface area contributed by atoms with E-state index in [1.54, 1.807) is 31.3 Å². The summed E-state index contributed by atoms with van der Waals surface area (Å²) in [7, 11) is 3.77. The van der Waals surface area contributed by atoms with Crippen molar-refractivity contribution in [3.63, 3.8) is 0 Å². The third-order valence-electron chi connectivity index (χ3n) is 2.34. The van der Waals surface area contributed by atoms with Crippen LogP contribution < -0.4 is 4.90 Å². The number of ether oxygens (including phenoxy) is 1. The van der Waals surface area contributed by atoms with E-state index >= 15 is 0 Å². The lowest BCUT2D eigenvalue weighted by atomic mass is 10.1. The van der Waals surface area contributed by atoms with Crippen molar-refractivity contribution in [2.24, 2.45) is 0 Å². The first-order valence-corrected chi connectivity index (χ1v) is 5.90. The standard InChI is InChI=1S/C13H16N2O4/c1-4-19-13(16)11-7-5-6-10(8-9-14(2)3)12(11)15(17)18/h5-9H,4H2,1-3H3/p+1. The van der Waals surface area contributed by atoms with Crippen LogP contribution in [-0.4, -0.2) is 31.6 Å². The molecule has 0 heterocycles. The normalized spacial score (nSPS) is 10.9. The molecular weight excluding hydrogens is 248 g/mol. The van der Waals surface area contributed by atoms with Crippen molar-refractivity contribution < 1.29 is 19.4 Å². The van der Waals surface area contributed by atoms with Gasteiger partial charge in [-0.15, -0.1) is 0 Å². The lowest BCUT2D eigenvalue weighted by Crippen LogP contribution is -3.00. The molecule has 1 N–H and O–H groups in total. The number of carbonyl (C=O) groups is 1. The third-order valence-corrected chi connectivity index (χ3v) is 2.34. The Labute approximate surface area is 111 Å². The van der Waals surface area contributed by atoms with Gasteiger partial charge in [0.15, 0.2) is 0 Å². The predicted octanol–water partition coefficient (Wildman–Crippen LogP) is 0.887. The van der Waals surface area contributed by atoms with Crippen molar-refractivity contribution in [3.8, 4) is 0 Å². The highest BCUT2D eigenvalue weighted by Crippen LogP contribution is 2.25. The molecule has 0 radical (unpaired) electrons. The topological polar surface area (TPSA) is 73.9 Å². The van der Waals surface area contributed by atoms with Gasteiger partial charge in [-0.25, -0.2) is 4.79 Å². The summed E-state index contributed by atoms with van der Waals surface area (Å²) >= 11 is 0. The average molecular weight is 265 g/mol. The molecule has 0 aliphatic heterocycles. The zero-order valence-electron chi connectivity index (χ0n) is 11.2. The van der Waals surface area contributed by atoms with Crippen molar-refractivity contribution in [3.05, 3.63) is 45.6 Å². The number of rotatable bonds is 5. The highest BCUT2D eigenvalue weighted by molar-refractivity contribution is 5.95. The minimum Gasteiger partial charge on any atom is -0.462 e. The number of esters is 1. The molecular formula is C13H17N2O4+. The van der Waals surface area contributed by atoms with Crippen LogP contribution in [0.1, 0.15) is 22.8 Å². The molecule has 0 fully saturated rings. The lowest BCUT2D eigenvalue weighted by molar-refractivity contribution is -0.800. The highest BCUT2D eigenvalue weighted by atomic mass is 16.6. The van der Waals surface area contributed by atoms with Crippen LogP contribution in [0.3, 0.4) is 0 Å². The Morgan fingerprint density at radius 2 is 2.16 bits per heavy atom. The molecule has 102 valence electrons. The molecule has 0 unspecified atom stereocenters. The van der Waals surface area contributed by atoms with E-state index in [9.17, 15) is 14.9 Å². The van der Waals surface area contributed by atoms with Gasteiger partial charge >= 0.3 is 5.97 Å². The molecule has 1 aromatic rings. The molecule has 0 amide bonds. The first-order valence-electron chi connectivity index (χ1n) is 5.90. The molecule has 6 nitrogen and oxygen atoms in total. The second-order valence-corrected chi connectivity index (χ2v) is 4.13. The summed E-state index contributed by atoms with van der Waals surface area (Å²) in [4.78, 5) is 23.3. The number of quaternary nitrogens is 1. The van der Waals surface area contributed by atoms with Crippen molar-refractivity contribution in [2.45, 2.75) is 6.92 Å². The first kappa shape index (κ1) is 14.8.